The first-order chi connectivity index (χ1) is 7.29. The Morgan fingerprint density at radius 1 is 1.35 bits per heavy atom. The van der Waals surface area contributed by atoms with Gasteiger partial charge in [0.25, 0.3) is 0 Å². The Bertz CT molecular complexity index is 378. The Morgan fingerprint density at radius 2 is 1.76 bits per heavy atom. The molecule has 0 heterocycles. The maximum atomic E-state index is 13.6. The van der Waals surface area contributed by atoms with Crippen molar-refractivity contribution in [2.45, 2.75) is 19.9 Å². The van der Waals surface area contributed by atoms with E-state index in [1.165, 1.54) is 0 Å². The molecule has 98 valence electrons. The zero-order chi connectivity index (χ0) is 12.5. The summed E-state index contributed by atoms with van der Waals surface area (Å²) in [5, 5.41) is 9.13. The highest BCUT2D eigenvalue weighted by Gasteiger charge is 2.31. The van der Waals surface area contributed by atoms with Crippen molar-refractivity contribution < 1.29 is 13.9 Å². The van der Waals surface area contributed by atoms with Gasteiger partial charge >= 0.3 is 0 Å². The number of halogens is 4. The van der Waals surface area contributed by atoms with E-state index >= 15 is 0 Å². The van der Waals surface area contributed by atoms with Gasteiger partial charge in [0, 0.05) is 28.1 Å². The summed E-state index contributed by atoms with van der Waals surface area (Å²) in [4.78, 5) is 0. The highest BCUT2D eigenvalue weighted by molar-refractivity contribution is 9.10. The topological polar surface area (TPSA) is 46.2 Å². The highest BCUT2D eigenvalue weighted by Crippen LogP contribution is 2.34. The minimum Gasteiger partial charge on any atom is -0.396 e. The van der Waals surface area contributed by atoms with Crippen LogP contribution in [-0.4, -0.2) is 11.7 Å². The van der Waals surface area contributed by atoms with Gasteiger partial charge in [0.05, 0.1) is 0 Å². The molecule has 0 amide bonds. The van der Waals surface area contributed by atoms with Gasteiger partial charge in [-0.3, -0.25) is 0 Å². The van der Waals surface area contributed by atoms with Crippen molar-refractivity contribution in [2.75, 3.05) is 6.61 Å². The molecule has 1 aromatic rings. The van der Waals surface area contributed by atoms with Gasteiger partial charge in [-0.2, -0.15) is 0 Å². The van der Waals surface area contributed by atoms with Crippen LogP contribution in [0.25, 0.3) is 0 Å². The van der Waals surface area contributed by atoms with Crippen molar-refractivity contribution in [1.29, 1.82) is 0 Å². The lowest BCUT2D eigenvalue weighted by molar-refractivity contribution is 0.129. The van der Waals surface area contributed by atoms with Gasteiger partial charge in [-0.1, -0.05) is 29.8 Å². The largest absolute Gasteiger partial charge is 0.396 e. The molecule has 1 rings (SSSR count). The molecule has 0 aliphatic heterocycles. The zero-order valence-electron chi connectivity index (χ0n) is 9.51. The summed E-state index contributed by atoms with van der Waals surface area (Å²) in [5.41, 5.74) is 4.81. The van der Waals surface area contributed by atoms with E-state index in [0.717, 1.165) is 12.1 Å². The van der Waals surface area contributed by atoms with Crippen LogP contribution in [-0.2, 0) is 0 Å². The maximum Gasteiger partial charge on any atom is 0.132 e. The van der Waals surface area contributed by atoms with E-state index in [1.54, 1.807) is 13.8 Å². The van der Waals surface area contributed by atoms with Crippen LogP contribution in [0.2, 0.25) is 0 Å². The lowest BCUT2D eigenvalue weighted by atomic mass is 9.81. The molecule has 0 unspecified atom stereocenters. The number of hydrogen-bond acceptors (Lipinski definition) is 2. The van der Waals surface area contributed by atoms with E-state index in [0.29, 0.717) is 4.47 Å². The molecule has 0 fully saturated rings. The van der Waals surface area contributed by atoms with E-state index < -0.39 is 23.1 Å². The second kappa shape index (κ2) is 6.09. The van der Waals surface area contributed by atoms with Crippen molar-refractivity contribution >= 4 is 28.3 Å². The first-order valence-electron chi connectivity index (χ1n) is 4.80. The molecule has 6 heteroatoms. The molecule has 0 saturated heterocycles. The van der Waals surface area contributed by atoms with Crippen molar-refractivity contribution in [2.24, 2.45) is 11.1 Å². The van der Waals surface area contributed by atoms with Crippen LogP contribution in [0.1, 0.15) is 25.5 Å². The van der Waals surface area contributed by atoms with E-state index in [-0.39, 0.29) is 24.6 Å². The fourth-order valence-electron chi connectivity index (χ4n) is 1.34. The van der Waals surface area contributed by atoms with E-state index in [1.807, 2.05) is 0 Å². The molecule has 0 radical (unpaired) electrons. The standard InChI is InChI=1S/C11H14BrF2NO.ClH/c1-11(2,5-16)10(15)9-7(13)3-6(12)4-8(9)14;/h3-4,10,16H,5,15H2,1-2H3;1H/t10-;/m1./s1. The van der Waals surface area contributed by atoms with Gasteiger partial charge in [-0.15, -0.1) is 12.4 Å². The number of aliphatic hydroxyl groups is 1. The smallest absolute Gasteiger partial charge is 0.132 e. The van der Waals surface area contributed by atoms with Crippen molar-refractivity contribution in [1.82, 2.24) is 0 Å². The normalized spacial score (nSPS) is 13.1. The van der Waals surface area contributed by atoms with Gasteiger partial charge in [-0.05, 0) is 12.1 Å². The highest BCUT2D eigenvalue weighted by atomic mass is 79.9. The lowest BCUT2D eigenvalue weighted by Gasteiger charge is -2.30. The summed E-state index contributed by atoms with van der Waals surface area (Å²) in [6.45, 7) is 3.06. The third kappa shape index (κ3) is 3.61. The minimum absolute atomic E-state index is 0. The summed E-state index contributed by atoms with van der Waals surface area (Å²) >= 11 is 2.99. The average molecular weight is 331 g/mol. The lowest BCUT2D eigenvalue weighted by Crippen LogP contribution is -2.33. The van der Waals surface area contributed by atoms with Gasteiger partial charge in [0.2, 0.25) is 0 Å². The summed E-state index contributed by atoms with van der Waals surface area (Å²) in [5.74, 6) is -1.41. The summed E-state index contributed by atoms with van der Waals surface area (Å²) in [7, 11) is 0. The van der Waals surface area contributed by atoms with Crippen molar-refractivity contribution in [3.05, 3.63) is 33.8 Å². The van der Waals surface area contributed by atoms with Crippen LogP contribution in [0.5, 0.6) is 0 Å². The Kier molecular flexibility index (Phi) is 6.01. The first-order valence-corrected chi connectivity index (χ1v) is 5.60. The fourth-order valence-corrected chi connectivity index (χ4v) is 1.74. The molecule has 0 saturated carbocycles. The Hall–Kier alpha value is -0.230. The van der Waals surface area contributed by atoms with Gasteiger partial charge in [-0.25, -0.2) is 8.78 Å². The van der Waals surface area contributed by atoms with Crippen LogP contribution in [0, 0.1) is 17.0 Å². The van der Waals surface area contributed by atoms with Gasteiger partial charge in [0.15, 0.2) is 0 Å². The van der Waals surface area contributed by atoms with Crippen molar-refractivity contribution in [3.8, 4) is 0 Å². The second-order valence-electron chi connectivity index (χ2n) is 4.41. The third-order valence-corrected chi connectivity index (χ3v) is 3.06. The number of hydrogen-bond donors (Lipinski definition) is 2. The third-order valence-electron chi connectivity index (χ3n) is 2.60. The molecule has 1 atom stereocenters. The maximum absolute atomic E-state index is 13.6. The average Bonchev–Trinajstić information content (AvgIpc) is 2.15. The quantitative estimate of drug-likeness (QED) is 0.894. The van der Waals surface area contributed by atoms with E-state index in [2.05, 4.69) is 15.9 Å². The van der Waals surface area contributed by atoms with E-state index in [9.17, 15) is 8.78 Å². The molecule has 17 heavy (non-hydrogen) atoms. The first kappa shape index (κ1) is 16.8. The summed E-state index contributed by atoms with van der Waals surface area (Å²) in [6.07, 6.45) is 0. The summed E-state index contributed by atoms with van der Waals surface area (Å²) < 4.78 is 27.5. The van der Waals surface area contributed by atoms with Crippen LogP contribution in [0.3, 0.4) is 0 Å². The molecule has 0 aromatic heterocycles. The number of rotatable bonds is 3. The van der Waals surface area contributed by atoms with E-state index in [4.69, 9.17) is 10.8 Å². The SMILES string of the molecule is CC(C)(CO)[C@H](N)c1c(F)cc(Br)cc1F.Cl. The monoisotopic (exact) mass is 329 g/mol. The Morgan fingerprint density at radius 3 is 2.12 bits per heavy atom. The Balaban J connectivity index is 0.00000256. The Labute approximate surface area is 114 Å². The fraction of sp³-hybridized carbons (Fsp3) is 0.455. The van der Waals surface area contributed by atoms with Crippen LogP contribution < -0.4 is 5.73 Å². The molecular weight excluding hydrogens is 315 g/mol. The molecule has 0 spiro atoms. The van der Waals surface area contributed by atoms with Crippen LogP contribution in [0.15, 0.2) is 16.6 Å². The minimum atomic E-state index is -0.898. The molecular formula is C11H15BrClF2NO. The van der Waals surface area contributed by atoms with Crippen molar-refractivity contribution in [3.63, 3.8) is 0 Å². The number of nitrogens with two attached hydrogens (primary N) is 1. The predicted molar refractivity (Wildman–Crippen MR) is 69.1 cm³/mol. The predicted octanol–water partition coefficient (Wildman–Crippen LogP) is 3.17. The van der Waals surface area contributed by atoms with Gasteiger partial charge < -0.3 is 10.8 Å². The number of benzene rings is 1. The summed E-state index contributed by atoms with van der Waals surface area (Å²) in [6, 6.07) is 1.42. The zero-order valence-corrected chi connectivity index (χ0v) is 11.9. The molecule has 0 aliphatic rings. The molecule has 0 aliphatic carbocycles. The number of aliphatic hydroxyl groups excluding tert-OH is 1. The van der Waals surface area contributed by atoms with Gasteiger partial charge in [0.1, 0.15) is 11.6 Å². The molecule has 0 bridgehead atoms. The molecule has 1 aromatic carbocycles. The molecule has 2 nitrogen and oxygen atoms in total. The van der Waals surface area contributed by atoms with Crippen LogP contribution >= 0.6 is 28.3 Å². The second-order valence-corrected chi connectivity index (χ2v) is 5.32. The van der Waals surface area contributed by atoms with Crippen LogP contribution in [0.4, 0.5) is 8.78 Å². The molecule has 3 N–H and O–H groups in total.